The van der Waals surface area contributed by atoms with Crippen LogP contribution in [0.3, 0.4) is 0 Å². The number of hydrogen-bond donors (Lipinski definition) is 2. The van der Waals surface area contributed by atoms with Gasteiger partial charge in [-0.25, -0.2) is 8.42 Å². The van der Waals surface area contributed by atoms with E-state index in [0.29, 0.717) is 12.2 Å². The molecule has 0 spiro atoms. The minimum absolute atomic E-state index is 0.210. The lowest BCUT2D eigenvalue weighted by molar-refractivity contribution is 0.601. The van der Waals surface area contributed by atoms with Crippen LogP contribution in [0.5, 0.6) is 0 Å². The van der Waals surface area contributed by atoms with Crippen molar-refractivity contribution >= 4 is 21.4 Å². The normalized spacial score (nSPS) is 11.2. The van der Waals surface area contributed by atoms with Gasteiger partial charge in [0.2, 0.25) is 0 Å². The highest BCUT2D eigenvalue weighted by atomic mass is 32.2. The zero-order valence-corrected chi connectivity index (χ0v) is 12.9. The van der Waals surface area contributed by atoms with Crippen LogP contribution in [0, 0.1) is 0 Å². The lowest BCUT2D eigenvalue weighted by Crippen LogP contribution is -2.14. The van der Waals surface area contributed by atoms with Crippen molar-refractivity contribution in [2.75, 3.05) is 23.7 Å². The van der Waals surface area contributed by atoms with Gasteiger partial charge in [-0.3, -0.25) is 4.72 Å². The van der Waals surface area contributed by atoms with Gasteiger partial charge in [0.1, 0.15) is 0 Å². The summed E-state index contributed by atoms with van der Waals surface area (Å²) in [5, 5.41) is 0. The molecule has 2 aromatic rings. The topological polar surface area (TPSA) is 75.4 Å². The third-order valence-electron chi connectivity index (χ3n) is 3.08. The molecule has 6 heteroatoms. The molecule has 5 nitrogen and oxygen atoms in total. The van der Waals surface area contributed by atoms with Crippen molar-refractivity contribution in [2.45, 2.75) is 11.4 Å². The van der Waals surface area contributed by atoms with Gasteiger partial charge in [0.15, 0.2) is 0 Å². The number of nitrogens with two attached hydrogens (primary N) is 1. The molecule has 0 radical (unpaired) electrons. The highest BCUT2D eigenvalue weighted by Gasteiger charge is 2.14. The third kappa shape index (κ3) is 3.74. The van der Waals surface area contributed by atoms with Crippen LogP contribution in [0.4, 0.5) is 11.4 Å². The summed E-state index contributed by atoms with van der Waals surface area (Å²) in [7, 11) is 0.258. The molecule has 0 aliphatic rings. The van der Waals surface area contributed by atoms with E-state index in [0.717, 1.165) is 11.3 Å². The van der Waals surface area contributed by atoms with Gasteiger partial charge in [0.25, 0.3) is 10.0 Å². The number of hydrogen-bond acceptors (Lipinski definition) is 4. The molecular formula is C15H19N3O2S. The fourth-order valence-corrected chi connectivity index (χ4v) is 3.01. The Kier molecular flexibility index (Phi) is 4.50. The van der Waals surface area contributed by atoms with Gasteiger partial charge in [-0.15, -0.1) is 0 Å². The largest absolute Gasteiger partial charge is 0.378 e. The Hall–Kier alpha value is -2.05. The first-order valence-electron chi connectivity index (χ1n) is 6.51. The first-order valence-corrected chi connectivity index (χ1v) is 8.00. The second-order valence-electron chi connectivity index (χ2n) is 4.90. The molecule has 2 aromatic carbocycles. The zero-order valence-electron chi connectivity index (χ0n) is 12.1. The fraction of sp³-hybridized carbons (Fsp3) is 0.200. The molecule has 112 valence electrons. The van der Waals surface area contributed by atoms with E-state index in [1.54, 1.807) is 36.4 Å². The molecule has 0 heterocycles. The van der Waals surface area contributed by atoms with Crippen molar-refractivity contribution in [1.29, 1.82) is 0 Å². The monoisotopic (exact) mass is 305 g/mol. The molecule has 2 rings (SSSR count). The van der Waals surface area contributed by atoms with E-state index >= 15 is 0 Å². The molecule has 0 unspecified atom stereocenters. The van der Waals surface area contributed by atoms with Crippen molar-refractivity contribution < 1.29 is 8.42 Å². The highest BCUT2D eigenvalue weighted by molar-refractivity contribution is 7.92. The van der Waals surface area contributed by atoms with Crippen LogP contribution in [-0.4, -0.2) is 22.5 Å². The van der Waals surface area contributed by atoms with E-state index in [1.807, 2.05) is 31.1 Å². The molecule has 21 heavy (non-hydrogen) atoms. The summed E-state index contributed by atoms with van der Waals surface area (Å²) in [5.74, 6) is 0. The SMILES string of the molecule is CN(C)c1ccc(NS(=O)(=O)c2cccc(CN)c2)cc1. The van der Waals surface area contributed by atoms with E-state index in [-0.39, 0.29) is 4.90 Å². The Morgan fingerprint density at radius 2 is 1.76 bits per heavy atom. The van der Waals surface area contributed by atoms with Crippen LogP contribution in [-0.2, 0) is 16.6 Å². The van der Waals surface area contributed by atoms with Crippen LogP contribution in [0.2, 0.25) is 0 Å². The molecule has 0 aliphatic carbocycles. The van der Waals surface area contributed by atoms with Gasteiger partial charge in [-0.1, -0.05) is 12.1 Å². The number of nitrogens with zero attached hydrogens (tertiary/aromatic N) is 1. The molecule has 0 fully saturated rings. The van der Waals surface area contributed by atoms with E-state index in [9.17, 15) is 8.42 Å². The average molecular weight is 305 g/mol. The molecule has 0 aliphatic heterocycles. The van der Waals surface area contributed by atoms with Crippen molar-refractivity contribution in [3.8, 4) is 0 Å². The van der Waals surface area contributed by atoms with Crippen LogP contribution >= 0.6 is 0 Å². The summed E-state index contributed by atoms with van der Waals surface area (Å²) in [4.78, 5) is 2.16. The predicted molar refractivity (Wildman–Crippen MR) is 85.9 cm³/mol. The minimum Gasteiger partial charge on any atom is -0.378 e. The minimum atomic E-state index is -3.60. The molecule has 3 N–H and O–H groups in total. The Balaban J connectivity index is 2.24. The Morgan fingerprint density at radius 1 is 1.10 bits per heavy atom. The lowest BCUT2D eigenvalue weighted by Gasteiger charge is -2.13. The van der Waals surface area contributed by atoms with E-state index < -0.39 is 10.0 Å². The first kappa shape index (κ1) is 15.3. The average Bonchev–Trinajstić information content (AvgIpc) is 2.47. The molecule has 0 atom stereocenters. The maximum Gasteiger partial charge on any atom is 0.261 e. The lowest BCUT2D eigenvalue weighted by atomic mass is 10.2. The number of nitrogens with one attached hydrogen (secondary N) is 1. The van der Waals surface area contributed by atoms with Crippen molar-refractivity contribution in [3.05, 3.63) is 54.1 Å². The standard InChI is InChI=1S/C15H19N3O2S/c1-18(2)14-8-6-13(7-9-14)17-21(19,20)15-5-3-4-12(10-15)11-16/h3-10,17H,11,16H2,1-2H3. The maximum atomic E-state index is 12.3. The Labute approximate surface area is 125 Å². The second-order valence-corrected chi connectivity index (χ2v) is 6.58. The van der Waals surface area contributed by atoms with Crippen LogP contribution in [0.15, 0.2) is 53.4 Å². The molecule has 0 saturated carbocycles. The summed E-state index contributed by atoms with van der Waals surface area (Å²) in [6.07, 6.45) is 0. The smallest absolute Gasteiger partial charge is 0.261 e. The van der Waals surface area contributed by atoms with Gasteiger partial charge >= 0.3 is 0 Å². The third-order valence-corrected chi connectivity index (χ3v) is 4.46. The van der Waals surface area contributed by atoms with Crippen LogP contribution < -0.4 is 15.4 Å². The summed E-state index contributed by atoms with van der Waals surface area (Å²) >= 11 is 0. The number of sulfonamides is 1. The maximum absolute atomic E-state index is 12.3. The van der Waals surface area contributed by atoms with Crippen molar-refractivity contribution in [2.24, 2.45) is 5.73 Å². The summed E-state index contributed by atoms with van der Waals surface area (Å²) in [5.41, 5.74) is 7.85. The molecular weight excluding hydrogens is 286 g/mol. The number of anilines is 2. The summed E-state index contributed by atoms with van der Waals surface area (Å²) in [6, 6.07) is 13.8. The van der Waals surface area contributed by atoms with Crippen LogP contribution in [0.25, 0.3) is 0 Å². The Bertz CT molecular complexity index is 710. The number of benzene rings is 2. The number of rotatable bonds is 5. The fourth-order valence-electron chi connectivity index (χ4n) is 1.88. The highest BCUT2D eigenvalue weighted by Crippen LogP contribution is 2.20. The quantitative estimate of drug-likeness (QED) is 0.886. The van der Waals surface area contributed by atoms with E-state index in [1.165, 1.54) is 0 Å². The van der Waals surface area contributed by atoms with Gasteiger partial charge in [0, 0.05) is 32.0 Å². The van der Waals surface area contributed by atoms with Gasteiger partial charge in [0.05, 0.1) is 4.90 Å². The first-order chi connectivity index (χ1) is 9.92. The van der Waals surface area contributed by atoms with E-state index in [4.69, 9.17) is 5.73 Å². The summed E-state index contributed by atoms with van der Waals surface area (Å²) in [6.45, 7) is 0.306. The van der Waals surface area contributed by atoms with Gasteiger partial charge in [-0.2, -0.15) is 0 Å². The predicted octanol–water partition coefficient (Wildman–Crippen LogP) is 2.01. The van der Waals surface area contributed by atoms with Crippen LogP contribution in [0.1, 0.15) is 5.56 Å². The van der Waals surface area contributed by atoms with Gasteiger partial charge in [-0.05, 0) is 42.0 Å². The molecule has 0 aromatic heterocycles. The van der Waals surface area contributed by atoms with Gasteiger partial charge < -0.3 is 10.6 Å². The summed E-state index contributed by atoms with van der Waals surface area (Å²) < 4.78 is 27.2. The zero-order chi connectivity index (χ0) is 15.5. The van der Waals surface area contributed by atoms with Crippen molar-refractivity contribution in [3.63, 3.8) is 0 Å². The second kappa shape index (κ2) is 6.15. The molecule has 0 bridgehead atoms. The molecule has 0 amide bonds. The molecule has 0 saturated heterocycles. The Morgan fingerprint density at radius 3 is 2.33 bits per heavy atom. The van der Waals surface area contributed by atoms with E-state index in [2.05, 4.69) is 4.72 Å². The van der Waals surface area contributed by atoms with Crippen molar-refractivity contribution in [1.82, 2.24) is 0 Å².